The highest BCUT2D eigenvalue weighted by Crippen LogP contribution is 2.59. The van der Waals surface area contributed by atoms with Gasteiger partial charge in [-0.15, -0.1) is 0 Å². The number of benzene rings is 1. The van der Waals surface area contributed by atoms with Gasteiger partial charge in [-0.25, -0.2) is 0 Å². The molecule has 4 aliphatic rings. The maximum absolute atomic E-state index is 12.8. The van der Waals surface area contributed by atoms with Gasteiger partial charge in [-0.2, -0.15) is 0 Å². The first-order valence-electron chi connectivity index (χ1n) is 10.0. The Labute approximate surface area is 155 Å². The van der Waals surface area contributed by atoms with Crippen LogP contribution in [0.25, 0.3) is 0 Å². The lowest BCUT2D eigenvalue weighted by atomic mass is 9.49. The zero-order valence-electron chi connectivity index (χ0n) is 15.3. The molecule has 0 unspecified atom stereocenters. The molecule has 4 fully saturated rings. The number of hydrogen-bond donors (Lipinski definition) is 1. The van der Waals surface area contributed by atoms with E-state index in [0.29, 0.717) is 13.0 Å². The van der Waals surface area contributed by atoms with E-state index in [9.17, 15) is 14.7 Å². The SMILES string of the molecule is O=C([O-])C[C@@H](Cc1ccccc1)C(=O)NCC12CC3CC(CC(C3)C1)C2. The van der Waals surface area contributed by atoms with E-state index >= 15 is 0 Å². The number of carbonyl (C=O) groups excluding carboxylic acids is 2. The molecule has 0 spiro atoms. The van der Waals surface area contributed by atoms with Gasteiger partial charge in [0, 0.05) is 18.4 Å². The quantitative estimate of drug-likeness (QED) is 0.817. The van der Waals surface area contributed by atoms with Gasteiger partial charge in [-0.05, 0) is 80.1 Å². The van der Waals surface area contributed by atoms with Crippen LogP contribution in [0.4, 0.5) is 0 Å². The van der Waals surface area contributed by atoms with Gasteiger partial charge >= 0.3 is 0 Å². The van der Waals surface area contributed by atoms with Gasteiger partial charge in [0.25, 0.3) is 0 Å². The molecule has 0 radical (unpaired) electrons. The summed E-state index contributed by atoms with van der Waals surface area (Å²) in [5.74, 6) is 0.699. The molecule has 0 aliphatic heterocycles. The molecule has 26 heavy (non-hydrogen) atoms. The summed E-state index contributed by atoms with van der Waals surface area (Å²) in [5.41, 5.74) is 1.26. The zero-order chi connectivity index (χ0) is 18.1. The monoisotopic (exact) mass is 354 g/mol. The van der Waals surface area contributed by atoms with Crippen molar-refractivity contribution < 1.29 is 14.7 Å². The Morgan fingerprint density at radius 3 is 2.15 bits per heavy atom. The van der Waals surface area contributed by atoms with Crippen LogP contribution in [-0.2, 0) is 16.0 Å². The van der Waals surface area contributed by atoms with Crippen LogP contribution in [0.2, 0.25) is 0 Å². The standard InChI is InChI=1S/C22H29NO3/c24-20(25)10-19(9-15-4-2-1-3-5-15)21(26)23-14-22-11-16-6-17(12-22)8-18(7-16)13-22/h1-5,16-19H,6-14H2,(H,23,26)(H,24,25)/p-1/t16?,17?,18?,19-,22?/m1/s1. The van der Waals surface area contributed by atoms with Crippen LogP contribution in [0.3, 0.4) is 0 Å². The minimum absolute atomic E-state index is 0.131. The van der Waals surface area contributed by atoms with Crippen LogP contribution in [0.15, 0.2) is 30.3 Å². The minimum atomic E-state index is -1.16. The van der Waals surface area contributed by atoms with Crippen molar-refractivity contribution in [1.82, 2.24) is 5.32 Å². The van der Waals surface area contributed by atoms with E-state index in [1.54, 1.807) is 0 Å². The smallest absolute Gasteiger partial charge is 0.223 e. The third kappa shape index (κ3) is 3.79. The summed E-state index contributed by atoms with van der Waals surface area (Å²) in [4.78, 5) is 23.9. The summed E-state index contributed by atoms with van der Waals surface area (Å²) in [6.07, 6.45) is 8.09. The molecule has 1 aromatic carbocycles. The Bertz CT molecular complexity index is 634. The molecule has 1 atom stereocenters. The van der Waals surface area contributed by atoms with E-state index in [1.807, 2.05) is 30.3 Å². The highest BCUT2D eigenvalue weighted by molar-refractivity contribution is 5.83. The van der Waals surface area contributed by atoms with Crippen LogP contribution >= 0.6 is 0 Å². The first-order chi connectivity index (χ1) is 12.5. The molecule has 4 heteroatoms. The summed E-state index contributed by atoms with van der Waals surface area (Å²) >= 11 is 0. The predicted molar refractivity (Wildman–Crippen MR) is 96.9 cm³/mol. The summed E-state index contributed by atoms with van der Waals surface area (Å²) < 4.78 is 0. The second kappa shape index (κ2) is 7.05. The normalized spacial score (nSPS) is 33.0. The Hall–Kier alpha value is -1.84. The number of carboxylic acids is 1. The van der Waals surface area contributed by atoms with Crippen LogP contribution < -0.4 is 10.4 Å². The van der Waals surface area contributed by atoms with Crippen molar-refractivity contribution in [3.63, 3.8) is 0 Å². The van der Waals surface area contributed by atoms with E-state index in [1.165, 1.54) is 38.5 Å². The summed E-state index contributed by atoms with van der Waals surface area (Å²) in [6, 6.07) is 9.63. The number of hydrogen-bond acceptors (Lipinski definition) is 3. The van der Waals surface area contributed by atoms with Crippen LogP contribution in [-0.4, -0.2) is 18.4 Å². The zero-order valence-corrected chi connectivity index (χ0v) is 15.3. The van der Waals surface area contributed by atoms with E-state index < -0.39 is 11.9 Å². The van der Waals surface area contributed by atoms with Crippen molar-refractivity contribution in [2.75, 3.05) is 6.54 Å². The van der Waals surface area contributed by atoms with E-state index in [0.717, 1.165) is 23.3 Å². The Balaban J connectivity index is 1.39. The molecule has 1 N–H and O–H groups in total. The Kier molecular flexibility index (Phi) is 4.76. The van der Waals surface area contributed by atoms with Crippen molar-refractivity contribution in [2.24, 2.45) is 29.1 Å². The van der Waals surface area contributed by atoms with Gasteiger partial charge in [0.05, 0.1) is 0 Å². The maximum atomic E-state index is 12.8. The predicted octanol–water partition coefficient (Wildman–Crippen LogP) is 2.32. The summed E-state index contributed by atoms with van der Waals surface area (Å²) in [5, 5.41) is 14.3. The first kappa shape index (κ1) is 17.6. The number of aliphatic carboxylic acids is 1. The van der Waals surface area contributed by atoms with Crippen molar-refractivity contribution in [3.8, 4) is 0 Å². The first-order valence-corrected chi connectivity index (χ1v) is 10.0. The number of amides is 1. The maximum Gasteiger partial charge on any atom is 0.223 e. The molecule has 4 nitrogen and oxygen atoms in total. The molecule has 0 heterocycles. The van der Waals surface area contributed by atoms with Crippen LogP contribution in [0.1, 0.15) is 50.5 Å². The molecule has 0 saturated heterocycles. The van der Waals surface area contributed by atoms with Gasteiger partial charge in [0.2, 0.25) is 5.91 Å². The number of nitrogens with one attached hydrogen (secondary N) is 1. The van der Waals surface area contributed by atoms with Gasteiger partial charge in [-0.1, -0.05) is 30.3 Å². The Morgan fingerprint density at radius 1 is 1.04 bits per heavy atom. The number of rotatable bonds is 7. The van der Waals surface area contributed by atoms with E-state index in [4.69, 9.17) is 0 Å². The van der Waals surface area contributed by atoms with Crippen LogP contribution in [0.5, 0.6) is 0 Å². The lowest BCUT2D eigenvalue weighted by molar-refractivity contribution is -0.306. The number of carbonyl (C=O) groups is 2. The second-order valence-electron chi connectivity index (χ2n) is 9.10. The summed E-state index contributed by atoms with van der Waals surface area (Å²) in [6.45, 7) is 0.716. The van der Waals surface area contributed by atoms with Crippen molar-refractivity contribution in [1.29, 1.82) is 0 Å². The highest BCUT2D eigenvalue weighted by Gasteiger charge is 2.50. The molecule has 140 valence electrons. The van der Waals surface area contributed by atoms with Gasteiger partial charge in [0.15, 0.2) is 0 Å². The lowest BCUT2D eigenvalue weighted by Gasteiger charge is -2.57. The fraction of sp³-hybridized carbons (Fsp3) is 0.636. The molecule has 0 aromatic heterocycles. The lowest BCUT2D eigenvalue weighted by Crippen LogP contribution is -2.52. The molecule has 4 aliphatic carbocycles. The fourth-order valence-electron chi connectivity index (χ4n) is 6.28. The molecular formula is C22H28NO3-. The Morgan fingerprint density at radius 2 is 1.62 bits per heavy atom. The molecule has 1 amide bonds. The summed E-state index contributed by atoms with van der Waals surface area (Å²) in [7, 11) is 0. The number of carboxylic acid groups (broad SMARTS) is 1. The van der Waals surface area contributed by atoms with E-state index in [-0.39, 0.29) is 17.7 Å². The highest BCUT2D eigenvalue weighted by atomic mass is 16.4. The second-order valence-corrected chi connectivity index (χ2v) is 9.10. The molecular weight excluding hydrogens is 326 g/mol. The molecule has 1 aromatic rings. The largest absolute Gasteiger partial charge is 0.550 e. The average molecular weight is 354 g/mol. The van der Waals surface area contributed by atoms with Crippen molar-refractivity contribution in [3.05, 3.63) is 35.9 Å². The van der Waals surface area contributed by atoms with Crippen molar-refractivity contribution >= 4 is 11.9 Å². The fourth-order valence-corrected chi connectivity index (χ4v) is 6.28. The molecule has 5 rings (SSSR count). The molecule has 4 saturated carbocycles. The third-order valence-electron chi connectivity index (χ3n) is 6.91. The van der Waals surface area contributed by atoms with Crippen LogP contribution in [0, 0.1) is 29.1 Å². The average Bonchev–Trinajstić information content (AvgIpc) is 2.58. The third-order valence-corrected chi connectivity index (χ3v) is 6.91. The van der Waals surface area contributed by atoms with E-state index in [2.05, 4.69) is 5.32 Å². The van der Waals surface area contributed by atoms with Gasteiger partial charge in [-0.3, -0.25) is 4.79 Å². The molecule has 4 bridgehead atoms. The van der Waals surface area contributed by atoms with Crippen molar-refractivity contribution in [2.45, 2.75) is 51.4 Å². The van der Waals surface area contributed by atoms with Gasteiger partial charge < -0.3 is 15.2 Å². The van der Waals surface area contributed by atoms with Gasteiger partial charge in [0.1, 0.15) is 0 Å². The topological polar surface area (TPSA) is 69.2 Å². The minimum Gasteiger partial charge on any atom is -0.550 e.